The molecular formula is C14H25N2O4Si+. The second-order valence-electron chi connectivity index (χ2n) is 4.82. The minimum absolute atomic E-state index is 0.350. The molecule has 1 amide bonds. The number of carbonyl (C=O) groups excluding carboxylic acids is 1. The topological polar surface area (TPSA) is 60.7 Å². The highest BCUT2D eigenvalue weighted by molar-refractivity contribution is 6.65. The minimum atomic E-state index is -2.03. The van der Waals surface area contributed by atoms with Crippen molar-refractivity contribution < 1.29 is 23.0 Å². The van der Waals surface area contributed by atoms with Crippen LogP contribution >= 0.6 is 0 Å². The summed E-state index contributed by atoms with van der Waals surface area (Å²) in [6, 6.07) is 6.65. The van der Waals surface area contributed by atoms with Gasteiger partial charge in [-0.05, 0) is 19.0 Å². The van der Waals surface area contributed by atoms with Crippen LogP contribution in [-0.2, 0) is 20.1 Å². The van der Waals surface area contributed by atoms with Crippen molar-refractivity contribution in [3.05, 3.63) is 30.6 Å². The Morgan fingerprint density at radius 1 is 1.19 bits per heavy atom. The number of hydrogen-bond donors (Lipinski definition) is 1. The van der Waals surface area contributed by atoms with Crippen molar-refractivity contribution in [2.45, 2.75) is 25.6 Å². The van der Waals surface area contributed by atoms with Gasteiger partial charge >= 0.3 is 14.7 Å². The SMILES string of the molecule is CO[Si](C)(CCCNC(=O)OCC[n+]1ccccc1)OC. The fourth-order valence-electron chi connectivity index (χ4n) is 1.77. The molecule has 0 unspecified atom stereocenters. The third-order valence-electron chi connectivity index (χ3n) is 3.30. The molecule has 6 nitrogen and oxygen atoms in total. The van der Waals surface area contributed by atoms with Gasteiger partial charge in [0.05, 0.1) is 0 Å². The van der Waals surface area contributed by atoms with Crippen molar-refractivity contribution in [1.82, 2.24) is 5.32 Å². The van der Waals surface area contributed by atoms with E-state index >= 15 is 0 Å². The molecule has 0 spiro atoms. The lowest BCUT2D eigenvalue weighted by molar-refractivity contribution is -0.697. The van der Waals surface area contributed by atoms with Crippen LogP contribution in [0.3, 0.4) is 0 Å². The fourth-order valence-corrected chi connectivity index (χ4v) is 3.16. The number of aromatic nitrogens is 1. The van der Waals surface area contributed by atoms with Crippen LogP contribution in [0.1, 0.15) is 6.42 Å². The third kappa shape index (κ3) is 7.21. The molecule has 0 bridgehead atoms. The molecular weight excluding hydrogens is 288 g/mol. The van der Waals surface area contributed by atoms with Crippen molar-refractivity contribution in [2.24, 2.45) is 0 Å². The monoisotopic (exact) mass is 313 g/mol. The Labute approximate surface area is 127 Å². The summed E-state index contributed by atoms with van der Waals surface area (Å²) in [5.41, 5.74) is 0. The lowest BCUT2D eigenvalue weighted by Crippen LogP contribution is -2.38. The Balaban J connectivity index is 2.09. The van der Waals surface area contributed by atoms with Crippen LogP contribution in [0.15, 0.2) is 30.6 Å². The predicted molar refractivity (Wildman–Crippen MR) is 81.0 cm³/mol. The molecule has 0 aliphatic rings. The summed E-state index contributed by atoms with van der Waals surface area (Å²) in [7, 11) is 1.30. The van der Waals surface area contributed by atoms with Gasteiger partial charge in [0.15, 0.2) is 25.5 Å². The fraction of sp³-hybridized carbons (Fsp3) is 0.571. The van der Waals surface area contributed by atoms with Gasteiger partial charge in [0.2, 0.25) is 0 Å². The number of ether oxygens (including phenoxy) is 1. The highest BCUT2D eigenvalue weighted by Crippen LogP contribution is 2.12. The number of nitrogens with zero attached hydrogens (tertiary/aromatic N) is 1. The lowest BCUT2D eigenvalue weighted by Gasteiger charge is -2.22. The van der Waals surface area contributed by atoms with E-state index in [4.69, 9.17) is 13.6 Å². The van der Waals surface area contributed by atoms with Gasteiger partial charge in [-0.25, -0.2) is 9.36 Å². The molecule has 21 heavy (non-hydrogen) atoms. The Bertz CT molecular complexity index is 413. The zero-order valence-corrected chi connectivity index (χ0v) is 14.0. The molecule has 0 atom stereocenters. The van der Waals surface area contributed by atoms with Gasteiger partial charge in [0.25, 0.3) is 0 Å². The van der Waals surface area contributed by atoms with Crippen LogP contribution in [0.5, 0.6) is 0 Å². The zero-order chi connectivity index (χ0) is 15.6. The molecule has 0 aliphatic carbocycles. The number of nitrogens with one attached hydrogen (secondary N) is 1. The maximum absolute atomic E-state index is 11.5. The largest absolute Gasteiger partial charge is 0.443 e. The number of amides is 1. The molecule has 1 N–H and O–H groups in total. The van der Waals surface area contributed by atoms with Crippen molar-refractivity contribution in [3.63, 3.8) is 0 Å². The molecule has 0 saturated heterocycles. The van der Waals surface area contributed by atoms with Gasteiger partial charge in [-0.1, -0.05) is 6.07 Å². The number of alkyl carbamates (subject to hydrolysis) is 1. The standard InChI is InChI=1S/C14H24N2O4Si/c1-18-21(3,19-2)13-7-8-15-14(17)20-12-11-16-9-5-4-6-10-16/h4-6,9-10H,7-8,11-13H2,1-3H3/p+1. The number of rotatable bonds is 9. The van der Waals surface area contributed by atoms with Crippen LogP contribution in [-0.4, -0.2) is 42.0 Å². The van der Waals surface area contributed by atoms with Crippen LogP contribution < -0.4 is 9.88 Å². The van der Waals surface area contributed by atoms with E-state index in [1.165, 1.54) is 0 Å². The van der Waals surface area contributed by atoms with Crippen LogP contribution in [0.25, 0.3) is 0 Å². The van der Waals surface area contributed by atoms with Gasteiger partial charge in [-0.2, -0.15) is 0 Å². The maximum Gasteiger partial charge on any atom is 0.407 e. The summed E-state index contributed by atoms with van der Waals surface area (Å²) < 4.78 is 17.8. The van der Waals surface area contributed by atoms with E-state index in [0.717, 1.165) is 12.5 Å². The van der Waals surface area contributed by atoms with Gasteiger partial charge in [-0.3, -0.25) is 0 Å². The normalized spacial score (nSPS) is 11.2. The van der Waals surface area contributed by atoms with E-state index in [0.29, 0.717) is 19.7 Å². The smallest absolute Gasteiger partial charge is 0.407 e. The first kappa shape index (κ1) is 17.6. The molecule has 0 aromatic carbocycles. The highest BCUT2D eigenvalue weighted by atomic mass is 28.4. The predicted octanol–water partition coefficient (Wildman–Crippen LogP) is 1.46. The molecule has 0 radical (unpaired) electrons. The first-order chi connectivity index (χ1) is 10.1. The molecule has 0 fully saturated rings. The molecule has 7 heteroatoms. The maximum atomic E-state index is 11.5. The summed E-state index contributed by atoms with van der Waals surface area (Å²) in [6.07, 6.45) is 4.29. The molecule has 118 valence electrons. The van der Waals surface area contributed by atoms with Crippen LogP contribution in [0.4, 0.5) is 4.79 Å². The number of pyridine rings is 1. The Hall–Kier alpha value is -1.44. The Morgan fingerprint density at radius 2 is 1.86 bits per heavy atom. The number of carbonyl (C=O) groups is 1. The van der Waals surface area contributed by atoms with E-state index in [9.17, 15) is 4.79 Å². The zero-order valence-electron chi connectivity index (χ0n) is 13.0. The van der Waals surface area contributed by atoms with Crippen molar-refractivity contribution in [2.75, 3.05) is 27.4 Å². The quantitative estimate of drug-likeness (QED) is 0.426. The van der Waals surface area contributed by atoms with E-state index in [1.54, 1.807) is 14.2 Å². The van der Waals surface area contributed by atoms with Gasteiger partial charge in [-0.15, -0.1) is 0 Å². The van der Waals surface area contributed by atoms with E-state index < -0.39 is 8.56 Å². The van der Waals surface area contributed by atoms with Crippen LogP contribution in [0, 0.1) is 0 Å². The van der Waals surface area contributed by atoms with Gasteiger partial charge in [0.1, 0.15) is 0 Å². The summed E-state index contributed by atoms with van der Waals surface area (Å²) in [6.45, 7) is 3.56. The van der Waals surface area contributed by atoms with E-state index in [-0.39, 0.29) is 6.09 Å². The Morgan fingerprint density at radius 3 is 2.48 bits per heavy atom. The summed E-state index contributed by atoms with van der Waals surface area (Å²) in [5.74, 6) is 0. The molecule has 1 rings (SSSR count). The second-order valence-corrected chi connectivity index (χ2v) is 8.41. The minimum Gasteiger partial charge on any atom is -0.443 e. The first-order valence-electron chi connectivity index (χ1n) is 7.04. The number of hydrogen-bond acceptors (Lipinski definition) is 4. The van der Waals surface area contributed by atoms with Gasteiger partial charge < -0.3 is 18.9 Å². The molecule has 0 aliphatic heterocycles. The lowest BCUT2D eigenvalue weighted by atomic mass is 10.5. The average Bonchev–Trinajstić information content (AvgIpc) is 2.52. The second kappa shape index (κ2) is 9.49. The molecule has 1 heterocycles. The molecule has 1 aromatic heterocycles. The van der Waals surface area contributed by atoms with Crippen molar-refractivity contribution in [1.29, 1.82) is 0 Å². The van der Waals surface area contributed by atoms with E-state index in [1.807, 2.05) is 41.7 Å². The van der Waals surface area contributed by atoms with Crippen LogP contribution in [0.2, 0.25) is 12.6 Å². The highest BCUT2D eigenvalue weighted by Gasteiger charge is 2.27. The van der Waals surface area contributed by atoms with Crippen molar-refractivity contribution in [3.8, 4) is 0 Å². The van der Waals surface area contributed by atoms with Crippen molar-refractivity contribution >= 4 is 14.7 Å². The summed E-state index contributed by atoms with van der Waals surface area (Å²) in [4.78, 5) is 11.5. The van der Waals surface area contributed by atoms with E-state index in [2.05, 4.69) is 5.32 Å². The summed E-state index contributed by atoms with van der Waals surface area (Å²) in [5, 5.41) is 2.73. The first-order valence-corrected chi connectivity index (χ1v) is 9.57. The summed E-state index contributed by atoms with van der Waals surface area (Å²) >= 11 is 0. The third-order valence-corrected chi connectivity index (χ3v) is 6.29. The molecule has 0 saturated carbocycles. The van der Waals surface area contributed by atoms with Gasteiger partial charge in [0, 0.05) is 32.9 Å². The average molecular weight is 313 g/mol. The Kier molecular flexibility index (Phi) is 7.95. The molecule has 1 aromatic rings.